The number of hydrogen-bond donors (Lipinski definition) is 3. The number of nitrogens with zero attached hydrogens (tertiary/aromatic N) is 3. The lowest BCUT2D eigenvalue weighted by Gasteiger charge is -2.21. The average Bonchev–Trinajstić information content (AvgIpc) is 3.14. The molecule has 0 saturated heterocycles. The molecule has 2 aromatic carbocycles. The second-order valence-electron chi connectivity index (χ2n) is 6.19. The summed E-state index contributed by atoms with van der Waals surface area (Å²) >= 11 is 12.1. The Balaban J connectivity index is 1.92. The Bertz CT molecular complexity index is 1060. The van der Waals surface area contributed by atoms with Crippen molar-refractivity contribution in [1.82, 2.24) is 10.2 Å². The predicted molar refractivity (Wildman–Crippen MR) is 105 cm³/mol. The van der Waals surface area contributed by atoms with Crippen molar-refractivity contribution in [3.05, 3.63) is 57.4 Å². The van der Waals surface area contributed by atoms with Crippen molar-refractivity contribution < 1.29 is 14.6 Å². The molecule has 0 fully saturated rings. The van der Waals surface area contributed by atoms with E-state index in [1.54, 1.807) is 32.0 Å². The van der Waals surface area contributed by atoms with E-state index in [4.69, 9.17) is 32.9 Å². The van der Waals surface area contributed by atoms with Gasteiger partial charge >= 0.3 is 0 Å². The molecular weight excluding hydrogens is 403 g/mol. The summed E-state index contributed by atoms with van der Waals surface area (Å²) in [4.78, 5) is 0. The van der Waals surface area contributed by atoms with Crippen LogP contribution in [-0.4, -0.2) is 26.5 Å². The fourth-order valence-corrected chi connectivity index (χ4v) is 2.99. The van der Waals surface area contributed by atoms with Crippen LogP contribution in [-0.2, 0) is 0 Å². The largest absolute Gasteiger partial charge is 0.506 e. The number of hydrogen-bond acceptors (Lipinski definition) is 7. The van der Waals surface area contributed by atoms with E-state index in [1.807, 2.05) is 6.07 Å². The topological polar surface area (TPSA) is 115 Å². The number of phenols is 1. The molecule has 3 N–H and O–H groups in total. The third-order valence-corrected chi connectivity index (χ3v) is 4.99. The zero-order valence-electron chi connectivity index (χ0n) is 14.9. The molecule has 1 unspecified atom stereocenters. The maximum Gasteiger partial charge on any atom is 0.247 e. The molecule has 0 saturated carbocycles. The van der Waals surface area contributed by atoms with Gasteiger partial charge in [0.2, 0.25) is 11.8 Å². The van der Waals surface area contributed by atoms with Crippen molar-refractivity contribution >= 4 is 28.9 Å². The molecule has 1 heterocycles. The van der Waals surface area contributed by atoms with Crippen LogP contribution < -0.4 is 5.32 Å². The first-order chi connectivity index (χ1) is 13.3. The SMILES string of the molecule is Cc1c(N[C@@H](c2nnc(-c3ccc(O)c(Cl)c3)o2)C(C)O)ccc(C#N)c1Cl. The van der Waals surface area contributed by atoms with Crippen molar-refractivity contribution in [2.75, 3.05) is 5.32 Å². The summed E-state index contributed by atoms with van der Waals surface area (Å²) in [5, 5.41) is 40.5. The van der Waals surface area contributed by atoms with Gasteiger partial charge in [-0.2, -0.15) is 5.26 Å². The van der Waals surface area contributed by atoms with Gasteiger partial charge in [-0.05, 0) is 49.7 Å². The van der Waals surface area contributed by atoms with Gasteiger partial charge in [0.05, 0.1) is 21.7 Å². The summed E-state index contributed by atoms with van der Waals surface area (Å²) in [6.45, 7) is 3.35. The number of nitriles is 1. The fraction of sp³-hybridized carbons (Fsp3) is 0.211. The van der Waals surface area contributed by atoms with Crippen LogP contribution in [0.5, 0.6) is 5.75 Å². The van der Waals surface area contributed by atoms with Gasteiger partial charge in [-0.3, -0.25) is 0 Å². The number of aliphatic hydroxyl groups excluding tert-OH is 1. The maximum absolute atomic E-state index is 10.2. The molecule has 0 aliphatic heterocycles. The number of aromatic nitrogens is 2. The highest BCUT2D eigenvalue weighted by atomic mass is 35.5. The Hall–Kier alpha value is -2.79. The highest BCUT2D eigenvalue weighted by Gasteiger charge is 2.25. The van der Waals surface area contributed by atoms with E-state index in [-0.39, 0.29) is 22.6 Å². The second-order valence-corrected chi connectivity index (χ2v) is 6.97. The van der Waals surface area contributed by atoms with Crippen LogP contribution in [0.1, 0.15) is 30.0 Å². The number of halogens is 2. The summed E-state index contributed by atoms with van der Waals surface area (Å²) in [7, 11) is 0. The molecule has 0 aliphatic rings. The van der Waals surface area contributed by atoms with Gasteiger partial charge in [0, 0.05) is 11.3 Å². The number of anilines is 1. The Morgan fingerprint density at radius 1 is 1.21 bits per heavy atom. The van der Waals surface area contributed by atoms with Gasteiger partial charge in [-0.15, -0.1) is 10.2 Å². The van der Waals surface area contributed by atoms with Crippen molar-refractivity contribution in [2.45, 2.75) is 26.0 Å². The smallest absolute Gasteiger partial charge is 0.247 e. The van der Waals surface area contributed by atoms with Crippen molar-refractivity contribution in [1.29, 1.82) is 5.26 Å². The van der Waals surface area contributed by atoms with Gasteiger partial charge in [-0.1, -0.05) is 23.2 Å². The zero-order chi connectivity index (χ0) is 20.4. The molecule has 0 radical (unpaired) electrons. The number of rotatable bonds is 5. The highest BCUT2D eigenvalue weighted by molar-refractivity contribution is 6.33. The first-order valence-corrected chi connectivity index (χ1v) is 9.03. The Morgan fingerprint density at radius 2 is 1.96 bits per heavy atom. The first kappa shape index (κ1) is 20.0. The lowest BCUT2D eigenvalue weighted by atomic mass is 10.1. The summed E-state index contributed by atoms with van der Waals surface area (Å²) in [5.74, 6) is 0.301. The van der Waals surface area contributed by atoms with E-state index in [0.29, 0.717) is 27.4 Å². The van der Waals surface area contributed by atoms with E-state index in [9.17, 15) is 10.2 Å². The quantitative estimate of drug-likeness (QED) is 0.559. The van der Waals surface area contributed by atoms with Gasteiger partial charge in [0.25, 0.3) is 0 Å². The minimum absolute atomic E-state index is 0.0538. The van der Waals surface area contributed by atoms with Crippen molar-refractivity contribution in [2.24, 2.45) is 0 Å². The molecule has 0 bridgehead atoms. The van der Waals surface area contributed by atoms with Crippen LogP contribution in [0.15, 0.2) is 34.7 Å². The molecule has 0 spiro atoms. The number of aliphatic hydroxyl groups is 1. The lowest BCUT2D eigenvalue weighted by molar-refractivity contribution is 0.159. The van der Waals surface area contributed by atoms with Crippen LogP contribution in [0, 0.1) is 18.3 Å². The second kappa shape index (κ2) is 8.07. The van der Waals surface area contributed by atoms with E-state index in [0.717, 1.165) is 0 Å². The summed E-state index contributed by atoms with van der Waals surface area (Å²) < 4.78 is 5.70. The molecule has 0 aliphatic carbocycles. The maximum atomic E-state index is 10.2. The third-order valence-electron chi connectivity index (χ3n) is 4.20. The zero-order valence-corrected chi connectivity index (χ0v) is 16.5. The lowest BCUT2D eigenvalue weighted by Crippen LogP contribution is -2.23. The highest BCUT2D eigenvalue weighted by Crippen LogP contribution is 2.33. The molecule has 2 atom stereocenters. The standard InChI is InChI=1S/C19H16Cl2N4O3/c1-9-14(5-3-12(8-22)16(9)21)23-17(10(2)26)19-25-24-18(28-19)11-4-6-15(27)13(20)7-11/h3-7,10,17,23,26-27H,1-2H3/t10?,17-/m1/s1. The van der Waals surface area contributed by atoms with Crippen molar-refractivity contribution in [3.63, 3.8) is 0 Å². The monoisotopic (exact) mass is 418 g/mol. The summed E-state index contributed by atoms with van der Waals surface area (Å²) in [6.07, 6.45) is -0.870. The fourth-order valence-electron chi connectivity index (χ4n) is 2.60. The number of aromatic hydroxyl groups is 1. The summed E-state index contributed by atoms with van der Waals surface area (Å²) in [6, 6.07) is 9.12. The Labute approximate surface area is 171 Å². The van der Waals surface area contributed by atoms with E-state index in [1.165, 1.54) is 12.1 Å². The predicted octanol–water partition coefficient (Wildman–Crippen LogP) is 4.46. The van der Waals surface area contributed by atoms with Gasteiger partial charge in [0.15, 0.2) is 0 Å². The Morgan fingerprint density at radius 3 is 2.61 bits per heavy atom. The van der Waals surface area contributed by atoms with Gasteiger partial charge in [0.1, 0.15) is 17.9 Å². The van der Waals surface area contributed by atoms with E-state index in [2.05, 4.69) is 15.5 Å². The molecule has 144 valence electrons. The van der Waals surface area contributed by atoms with Crippen LogP contribution in [0.25, 0.3) is 11.5 Å². The molecular formula is C19H16Cl2N4O3. The van der Waals surface area contributed by atoms with Gasteiger partial charge < -0.3 is 19.9 Å². The van der Waals surface area contributed by atoms with Crippen LogP contribution in [0.2, 0.25) is 10.0 Å². The molecule has 7 nitrogen and oxygen atoms in total. The summed E-state index contributed by atoms with van der Waals surface area (Å²) in [5.41, 5.74) is 2.19. The normalized spacial score (nSPS) is 13.0. The minimum atomic E-state index is -0.870. The molecule has 0 amide bonds. The third kappa shape index (κ3) is 3.90. The molecule has 28 heavy (non-hydrogen) atoms. The number of phenolic OH excluding ortho intramolecular Hbond substituents is 1. The van der Waals surface area contributed by atoms with Crippen LogP contribution in [0.3, 0.4) is 0 Å². The average molecular weight is 419 g/mol. The van der Waals surface area contributed by atoms with Crippen LogP contribution >= 0.6 is 23.2 Å². The molecule has 1 aromatic heterocycles. The molecule has 3 aromatic rings. The van der Waals surface area contributed by atoms with Crippen LogP contribution in [0.4, 0.5) is 5.69 Å². The van der Waals surface area contributed by atoms with Gasteiger partial charge in [-0.25, -0.2) is 0 Å². The first-order valence-electron chi connectivity index (χ1n) is 8.28. The molecule has 3 rings (SSSR count). The van der Waals surface area contributed by atoms with Crippen molar-refractivity contribution in [3.8, 4) is 23.3 Å². The van der Waals surface area contributed by atoms with E-state index >= 15 is 0 Å². The van der Waals surface area contributed by atoms with E-state index < -0.39 is 12.1 Å². The Kier molecular flexibility index (Phi) is 5.75. The number of benzene rings is 2. The number of nitrogens with one attached hydrogen (secondary N) is 1. The molecule has 9 heteroatoms. The minimum Gasteiger partial charge on any atom is -0.506 e.